The van der Waals surface area contributed by atoms with E-state index in [0.717, 1.165) is 0 Å². The summed E-state index contributed by atoms with van der Waals surface area (Å²) >= 11 is 0. The van der Waals surface area contributed by atoms with Crippen molar-refractivity contribution in [3.8, 4) is 0 Å². The number of rotatable bonds is 2. The van der Waals surface area contributed by atoms with E-state index in [2.05, 4.69) is 0 Å². The van der Waals surface area contributed by atoms with E-state index in [9.17, 15) is 22.0 Å². The zero-order valence-electron chi connectivity index (χ0n) is 7.83. The maximum absolute atomic E-state index is 12.6. The maximum atomic E-state index is 12.6. The Hall–Kier alpha value is -0.390. The molecule has 1 saturated carbocycles. The first-order valence-corrected chi connectivity index (χ1v) is 4.20. The molecule has 0 aliphatic heterocycles. The lowest BCUT2D eigenvalue weighted by atomic mass is 10.0. The van der Waals surface area contributed by atoms with Gasteiger partial charge in [-0.1, -0.05) is 13.8 Å². The van der Waals surface area contributed by atoms with Gasteiger partial charge in [0.2, 0.25) is 0 Å². The Morgan fingerprint density at radius 3 is 1.71 bits per heavy atom. The number of halogens is 5. The fourth-order valence-electron chi connectivity index (χ4n) is 1.57. The number of alkyl halides is 5. The zero-order chi connectivity index (χ0) is 11.4. The van der Waals surface area contributed by atoms with Crippen molar-refractivity contribution in [1.29, 1.82) is 0 Å². The second-order valence-electron chi connectivity index (χ2n) is 4.36. The topological polar surface area (TPSA) is 26.0 Å². The molecule has 2 N–H and O–H groups in total. The first-order valence-electron chi connectivity index (χ1n) is 4.20. The van der Waals surface area contributed by atoms with E-state index >= 15 is 0 Å². The van der Waals surface area contributed by atoms with Gasteiger partial charge in [-0.25, -0.2) is 0 Å². The van der Waals surface area contributed by atoms with E-state index in [1.165, 1.54) is 0 Å². The Morgan fingerprint density at radius 1 is 1.14 bits per heavy atom. The summed E-state index contributed by atoms with van der Waals surface area (Å²) in [6.07, 6.45) is -6.67. The Labute approximate surface area is 78.5 Å². The molecule has 6 heteroatoms. The zero-order valence-corrected chi connectivity index (χ0v) is 7.83. The lowest BCUT2D eigenvalue weighted by Crippen LogP contribution is -2.37. The van der Waals surface area contributed by atoms with Crippen LogP contribution in [0.3, 0.4) is 0 Å². The Kier molecular flexibility index (Phi) is 2.34. The molecular formula is C8H12F5N. The summed E-state index contributed by atoms with van der Waals surface area (Å²) in [6.45, 7) is 3.18. The van der Waals surface area contributed by atoms with Crippen molar-refractivity contribution >= 4 is 0 Å². The van der Waals surface area contributed by atoms with Crippen LogP contribution in [0.15, 0.2) is 0 Å². The Bertz CT molecular complexity index is 232. The van der Waals surface area contributed by atoms with Gasteiger partial charge < -0.3 is 5.73 Å². The average Bonchev–Trinajstić information content (AvgIpc) is 2.35. The highest BCUT2D eigenvalue weighted by Gasteiger charge is 2.65. The quantitative estimate of drug-likeness (QED) is 0.707. The highest BCUT2D eigenvalue weighted by atomic mass is 19.4. The Balaban J connectivity index is 2.63. The van der Waals surface area contributed by atoms with Crippen molar-refractivity contribution in [1.82, 2.24) is 0 Å². The molecule has 0 aromatic rings. The molecule has 1 nitrogen and oxygen atoms in total. The van der Waals surface area contributed by atoms with Crippen molar-refractivity contribution < 1.29 is 22.0 Å². The van der Waals surface area contributed by atoms with Gasteiger partial charge in [-0.3, -0.25) is 0 Å². The molecule has 0 aromatic carbocycles. The van der Waals surface area contributed by atoms with E-state index in [-0.39, 0.29) is 0 Å². The molecule has 0 saturated heterocycles. The van der Waals surface area contributed by atoms with Gasteiger partial charge in [0, 0.05) is 12.5 Å². The number of hydrogen-bond donors (Lipinski definition) is 1. The van der Waals surface area contributed by atoms with Crippen LogP contribution in [0.2, 0.25) is 0 Å². The summed E-state index contributed by atoms with van der Waals surface area (Å²) in [4.78, 5) is 0. The predicted molar refractivity (Wildman–Crippen MR) is 40.9 cm³/mol. The van der Waals surface area contributed by atoms with Crippen LogP contribution >= 0.6 is 0 Å². The lowest BCUT2D eigenvalue weighted by Gasteiger charge is -2.19. The first kappa shape index (κ1) is 11.7. The molecule has 0 amide bonds. The molecule has 0 aromatic heterocycles. The molecule has 84 valence electrons. The van der Waals surface area contributed by atoms with E-state index < -0.39 is 35.9 Å². The van der Waals surface area contributed by atoms with Gasteiger partial charge in [0.1, 0.15) is 0 Å². The van der Waals surface area contributed by atoms with Crippen molar-refractivity contribution in [2.45, 2.75) is 38.4 Å². The van der Waals surface area contributed by atoms with Crippen molar-refractivity contribution in [3.05, 3.63) is 0 Å². The average molecular weight is 217 g/mol. The summed E-state index contributed by atoms with van der Waals surface area (Å²) in [5.41, 5.74) is 4.79. The van der Waals surface area contributed by atoms with Gasteiger partial charge in [-0.15, -0.1) is 0 Å². The molecule has 0 spiro atoms. The molecule has 1 aliphatic carbocycles. The molecule has 1 rings (SSSR count). The molecule has 2 unspecified atom stereocenters. The fraction of sp³-hybridized carbons (Fsp3) is 1.00. The normalized spacial score (nSPS) is 31.7. The third-order valence-electron chi connectivity index (χ3n) is 3.03. The molecule has 0 heterocycles. The highest BCUT2D eigenvalue weighted by molar-refractivity contribution is 5.10. The second kappa shape index (κ2) is 2.81. The largest absolute Gasteiger partial charge is 0.453 e. The molecule has 0 radical (unpaired) electrons. The number of hydrogen-bond acceptors (Lipinski definition) is 1. The molecule has 14 heavy (non-hydrogen) atoms. The van der Waals surface area contributed by atoms with Crippen LogP contribution in [0.4, 0.5) is 22.0 Å². The van der Waals surface area contributed by atoms with E-state index in [4.69, 9.17) is 5.73 Å². The van der Waals surface area contributed by atoms with Gasteiger partial charge in [0.05, 0.1) is 0 Å². The maximum Gasteiger partial charge on any atom is 0.453 e. The molecule has 1 aliphatic rings. The summed E-state index contributed by atoms with van der Waals surface area (Å²) in [5.74, 6) is -5.37. The molecule has 0 bridgehead atoms. The standard InChI is InChI=1S/C8H12F5N/c1-6(2)4(5(6)14)3-7(9,10)8(11,12)13/h4-5H,3,14H2,1-2H3. The van der Waals surface area contributed by atoms with Gasteiger partial charge in [0.15, 0.2) is 0 Å². The van der Waals surface area contributed by atoms with Crippen molar-refractivity contribution in [2.75, 3.05) is 0 Å². The first-order chi connectivity index (χ1) is 6.00. The fourth-order valence-corrected chi connectivity index (χ4v) is 1.57. The summed E-state index contributed by atoms with van der Waals surface area (Å²) in [6, 6.07) is -0.560. The third-order valence-corrected chi connectivity index (χ3v) is 3.03. The second-order valence-corrected chi connectivity index (χ2v) is 4.36. The van der Waals surface area contributed by atoms with Crippen LogP contribution in [0, 0.1) is 11.3 Å². The van der Waals surface area contributed by atoms with Gasteiger partial charge in [-0.05, 0) is 11.3 Å². The molecule has 1 fully saturated rings. The van der Waals surface area contributed by atoms with Crippen LogP contribution in [-0.2, 0) is 0 Å². The summed E-state index contributed by atoms with van der Waals surface area (Å²) in [7, 11) is 0. The van der Waals surface area contributed by atoms with E-state index in [1.807, 2.05) is 0 Å². The minimum atomic E-state index is -5.47. The van der Waals surface area contributed by atoms with Crippen LogP contribution < -0.4 is 5.73 Å². The summed E-state index contributed by atoms with van der Waals surface area (Å²) < 4.78 is 60.5. The monoisotopic (exact) mass is 217 g/mol. The smallest absolute Gasteiger partial charge is 0.327 e. The predicted octanol–water partition coefficient (Wildman–Crippen LogP) is 2.56. The molecule has 2 atom stereocenters. The van der Waals surface area contributed by atoms with Crippen LogP contribution in [0.5, 0.6) is 0 Å². The third kappa shape index (κ3) is 1.71. The van der Waals surface area contributed by atoms with Gasteiger partial charge in [-0.2, -0.15) is 22.0 Å². The molecular weight excluding hydrogens is 205 g/mol. The van der Waals surface area contributed by atoms with Crippen LogP contribution in [-0.4, -0.2) is 18.1 Å². The Morgan fingerprint density at radius 2 is 1.50 bits per heavy atom. The van der Waals surface area contributed by atoms with E-state index in [0.29, 0.717) is 0 Å². The van der Waals surface area contributed by atoms with Crippen LogP contribution in [0.1, 0.15) is 20.3 Å². The minimum absolute atomic E-state index is 0.560. The highest BCUT2D eigenvalue weighted by Crippen LogP contribution is 2.56. The lowest BCUT2D eigenvalue weighted by molar-refractivity contribution is -0.286. The van der Waals surface area contributed by atoms with E-state index in [1.54, 1.807) is 13.8 Å². The SMILES string of the molecule is CC1(C)C(N)C1CC(F)(F)C(F)(F)F. The van der Waals surface area contributed by atoms with Gasteiger partial charge >= 0.3 is 12.1 Å². The van der Waals surface area contributed by atoms with Gasteiger partial charge in [0.25, 0.3) is 0 Å². The van der Waals surface area contributed by atoms with Crippen molar-refractivity contribution in [3.63, 3.8) is 0 Å². The number of nitrogens with two attached hydrogens (primary N) is 1. The minimum Gasteiger partial charge on any atom is -0.327 e. The van der Waals surface area contributed by atoms with Crippen LogP contribution in [0.25, 0.3) is 0 Å². The summed E-state index contributed by atoms with van der Waals surface area (Å²) in [5, 5.41) is 0. The van der Waals surface area contributed by atoms with Crippen molar-refractivity contribution in [2.24, 2.45) is 17.1 Å².